The van der Waals surface area contributed by atoms with E-state index in [0.717, 1.165) is 32.2 Å². The van der Waals surface area contributed by atoms with Gasteiger partial charge in [0.1, 0.15) is 0 Å². The SMILES string of the molecule is CCCCC(CC)COCCC1CO1. The number of rotatable bonds is 9. The smallest absolute Gasteiger partial charge is 0.0831 e. The molecule has 2 unspecified atom stereocenters. The Hall–Kier alpha value is -0.0800. The average Bonchev–Trinajstić information content (AvgIpc) is 3.01. The van der Waals surface area contributed by atoms with Gasteiger partial charge in [-0.3, -0.25) is 0 Å². The van der Waals surface area contributed by atoms with Gasteiger partial charge in [0.15, 0.2) is 0 Å². The Bertz CT molecular complexity index is 132. The molecule has 1 saturated heterocycles. The summed E-state index contributed by atoms with van der Waals surface area (Å²) in [5.74, 6) is 0.773. The van der Waals surface area contributed by atoms with Crippen LogP contribution in [0.4, 0.5) is 0 Å². The van der Waals surface area contributed by atoms with Gasteiger partial charge in [0.25, 0.3) is 0 Å². The number of epoxide rings is 1. The third-order valence-corrected chi connectivity index (χ3v) is 2.88. The van der Waals surface area contributed by atoms with Gasteiger partial charge in [-0.25, -0.2) is 0 Å². The monoisotopic (exact) mass is 200 g/mol. The lowest BCUT2D eigenvalue weighted by atomic mass is 10.0. The van der Waals surface area contributed by atoms with Gasteiger partial charge in [0.05, 0.1) is 12.7 Å². The maximum atomic E-state index is 5.65. The van der Waals surface area contributed by atoms with Crippen molar-refractivity contribution in [3.63, 3.8) is 0 Å². The fourth-order valence-corrected chi connectivity index (χ4v) is 1.60. The molecule has 1 heterocycles. The molecule has 1 fully saturated rings. The molecule has 2 heteroatoms. The first-order chi connectivity index (χ1) is 6.86. The summed E-state index contributed by atoms with van der Waals surface area (Å²) in [7, 11) is 0. The predicted octanol–water partition coefficient (Wildman–Crippen LogP) is 3.01. The van der Waals surface area contributed by atoms with E-state index in [9.17, 15) is 0 Å². The normalized spacial score (nSPS) is 22.3. The Morgan fingerprint density at radius 3 is 2.79 bits per heavy atom. The zero-order valence-corrected chi connectivity index (χ0v) is 9.63. The van der Waals surface area contributed by atoms with Gasteiger partial charge in [-0.2, -0.15) is 0 Å². The molecule has 1 aliphatic rings. The highest BCUT2D eigenvalue weighted by atomic mass is 16.6. The average molecular weight is 200 g/mol. The fraction of sp³-hybridized carbons (Fsp3) is 1.00. The van der Waals surface area contributed by atoms with Gasteiger partial charge < -0.3 is 9.47 Å². The molecule has 0 aliphatic carbocycles. The van der Waals surface area contributed by atoms with Gasteiger partial charge in [-0.05, 0) is 18.8 Å². The molecule has 0 aromatic heterocycles. The summed E-state index contributed by atoms with van der Waals surface area (Å²) in [4.78, 5) is 0. The quantitative estimate of drug-likeness (QED) is 0.421. The molecule has 0 bridgehead atoms. The first-order valence-electron chi connectivity index (χ1n) is 6.06. The molecule has 1 aliphatic heterocycles. The van der Waals surface area contributed by atoms with E-state index in [-0.39, 0.29) is 0 Å². The van der Waals surface area contributed by atoms with E-state index in [0.29, 0.717) is 6.10 Å². The molecule has 0 saturated carbocycles. The number of hydrogen-bond donors (Lipinski definition) is 0. The lowest BCUT2D eigenvalue weighted by Gasteiger charge is -2.14. The van der Waals surface area contributed by atoms with Gasteiger partial charge in [0.2, 0.25) is 0 Å². The lowest BCUT2D eigenvalue weighted by Crippen LogP contribution is -2.10. The third kappa shape index (κ3) is 5.61. The van der Waals surface area contributed by atoms with Crippen molar-refractivity contribution in [3.8, 4) is 0 Å². The second kappa shape index (κ2) is 7.24. The van der Waals surface area contributed by atoms with Crippen molar-refractivity contribution in [1.82, 2.24) is 0 Å². The summed E-state index contributed by atoms with van der Waals surface area (Å²) in [5.41, 5.74) is 0. The van der Waals surface area contributed by atoms with Crippen LogP contribution in [0, 0.1) is 5.92 Å². The van der Waals surface area contributed by atoms with Crippen LogP contribution >= 0.6 is 0 Å². The lowest BCUT2D eigenvalue weighted by molar-refractivity contribution is 0.0880. The molecule has 0 aromatic carbocycles. The van der Waals surface area contributed by atoms with Gasteiger partial charge >= 0.3 is 0 Å². The highest BCUT2D eigenvalue weighted by Gasteiger charge is 2.21. The molecule has 0 spiro atoms. The van der Waals surface area contributed by atoms with Gasteiger partial charge in [0, 0.05) is 13.2 Å². The molecule has 14 heavy (non-hydrogen) atoms. The Balaban J connectivity index is 1.89. The molecule has 0 aromatic rings. The van der Waals surface area contributed by atoms with Gasteiger partial charge in [-0.1, -0.05) is 33.1 Å². The van der Waals surface area contributed by atoms with Crippen molar-refractivity contribution in [2.75, 3.05) is 19.8 Å². The highest BCUT2D eigenvalue weighted by Crippen LogP contribution is 2.15. The number of hydrogen-bond acceptors (Lipinski definition) is 2. The summed E-state index contributed by atoms with van der Waals surface area (Å²) in [6.07, 6.45) is 6.82. The molecule has 0 amide bonds. The maximum Gasteiger partial charge on any atom is 0.0831 e. The molecular weight excluding hydrogens is 176 g/mol. The Kier molecular flexibility index (Phi) is 6.20. The third-order valence-electron chi connectivity index (χ3n) is 2.88. The van der Waals surface area contributed by atoms with Gasteiger partial charge in [-0.15, -0.1) is 0 Å². The van der Waals surface area contributed by atoms with Crippen LogP contribution in [0.25, 0.3) is 0 Å². The Morgan fingerprint density at radius 2 is 2.21 bits per heavy atom. The highest BCUT2D eigenvalue weighted by molar-refractivity contribution is 4.68. The summed E-state index contributed by atoms with van der Waals surface area (Å²) in [6, 6.07) is 0. The zero-order chi connectivity index (χ0) is 10.2. The van der Waals surface area contributed by atoms with Crippen molar-refractivity contribution in [3.05, 3.63) is 0 Å². The zero-order valence-electron chi connectivity index (χ0n) is 9.63. The second-order valence-corrected chi connectivity index (χ2v) is 4.24. The van der Waals surface area contributed by atoms with Crippen LogP contribution in [0.1, 0.15) is 46.0 Å². The van der Waals surface area contributed by atoms with E-state index in [1.165, 1.54) is 25.7 Å². The Morgan fingerprint density at radius 1 is 1.43 bits per heavy atom. The van der Waals surface area contributed by atoms with Crippen LogP contribution in [0.2, 0.25) is 0 Å². The topological polar surface area (TPSA) is 21.8 Å². The molecule has 2 atom stereocenters. The second-order valence-electron chi connectivity index (χ2n) is 4.24. The first-order valence-corrected chi connectivity index (χ1v) is 6.06. The first kappa shape index (κ1) is 12.0. The van der Waals surface area contributed by atoms with Crippen molar-refractivity contribution in [1.29, 1.82) is 0 Å². The Labute approximate surface area is 88.0 Å². The number of ether oxygens (including phenoxy) is 2. The fourth-order valence-electron chi connectivity index (χ4n) is 1.60. The van der Waals surface area contributed by atoms with Crippen LogP contribution in [-0.2, 0) is 9.47 Å². The summed E-state index contributed by atoms with van der Waals surface area (Å²) < 4.78 is 10.8. The minimum absolute atomic E-state index is 0.519. The molecule has 0 N–H and O–H groups in total. The standard InChI is InChI=1S/C12H24O2/c1-3-5-6-11(4-2)9-13-8-7-12-10-14-12/h11-12H,3-10H2,1-2H3. The molecule has 84 valence electrons. The van der Waals surface area contributed by atoms with E-state index >= 15 is 0 Å². The van der Waals surface area contributed by atoms with Crippen molar-refractivity contribution in [2.24, 2.45) is 5.92 Å². The minimum Gasteiger partial charge on any atom is -0.381 e. The minimum atomic E-state index is 0.519. The van der Waals surface area contributed by atoms with Crippen LogP contribution in [0.3, 0.4) is 0 Å². The van der Waals surface area contributed by atoms with E-state index < -0.39 is 0 Å². The molecule has 1 rings (SSSR count). The molecule has 2 nitrogen and oxygen atoms in total. The number of unbranched alkanes of at least 4 members (excludes halogenated alkanes) is 1. The summed E-state index contributed by atoms with van der Waals surface area (Å²) >= 11 is 0. The van der Waals surface area contributed by atoms with Crippen molar-refractivity contribution in [2.45, 2.75) is 52.1 Å². The predicted molar refractivity (Wildman–Crippen MR) is 58.5 cm³/mol. The van der Waals surface area contributed by atoms with Crippen LogP contribution in [0.15, 0.2) is 0 Å². The summed E-state index contributed by atoms with van der Waals surface area (Å²) in [6.45, 7) is 7.29. The van der Waals surface area contributed by atoms with Crippen LogP contribution in [0.5, 0.6) is 0 Å². The molecular formula is C12H24O2. The molecule has 0 radical (unpaired) electrons. The maximum absolute atomic E-state index is 5.65. The van der Waals surface area contributed by atoms with E-state index in [4.69, 9.17) is 9.47 Å². The van der Waals surface area contributed by atoms with Crippen LogP contribution in [-0.4, -0.2) is 25.9 Å². The van der Waals surface area contributed by atoms with E-state index in [1.807, 2.05) is 0 Å². The van der Waals surface area contributed by atoms with Crippen molar-refractivity contribution < 1.29 is 9.47 Å². The van der Waals surface area contributed by atoms with Crippen molar-refractivity contribution >= 4 is 0 Å². The van der Waals surface area contributed by atoms with Crippen LogP contribution < -0.4 is 0 Å². The van der Waals surface area contributed by atoms with E-state index in [2.05, 4.69) is 13.8 Å². The largest absolute Gasteiger partial charge is 0.381 e. The van der Waals surface area contributed by atoms with E-state index in [1.54, 1.807) is 0 Å². The summed E-state index contributed by atoms with van der Waals surface area (Å²) in [5, 5.41) is 0.